The first-order chi connectivity index (χ1) is 12.0. The molecule has 132 valence electrons. The van der Waals surface area contributed by atoms with E-state index in [2.05, 4.69) is 0 Å². The maximum atomic E-state index is 13.6. The predicted octanol–water partition coefficient (Wildman–Crippen LogP) is 4.05. The molecule has 3 rings (SSSR count). The van der Waals surface area contributed by atoms with E-state index in [1.807, 2.05) is 0 Å². The third-order valence-corrected chi connectivity index (χ3v) is 4.40. The lowest BCUT2D eigenvalue weighted by atomic mass is 10.1. The molecule has 2 aromatic rings. The molecule has 1 amide bonds. The first-order valence-corrected chi connectivity index (χ1v) is 7.94. The van der Waals surface area contributed by atoms with Crippen LogP contribution in [0.4, 0.5) is 14.5 Å². The van der Waals surface area contributed by atoms with E-state index in [0.717, 1.165) is 25.7 Å². The SMILES string of the molecule is O=C(c1cc(F)c(F)cc1[N+](=O)[O-])N(Cc1ccco1)C1CCCC1. The number of nitro groups is 1. The van der Waals surface area contributed by atoms with Crippen LogP contribution in [-0.2, 0) is 6.54 Å². The molecule has 0 atom stereocenters. The van der Waals surface area contributed by atoms with Crippen LogP contribution in [0.25, 0.3) is 0 Å². The van der Waals surface area contributed by atoms with Crippen molar-refractivity contribution in [3.8, 4) is 0 Å². The van der Waals surface area contributed by atoms with Crippen molar-refractivity contribution in [3.63, 3.8) is 0 Å². The van der Waals surface area contributed by atoms with E-state index in [4.69, 9.17) is 4.42 Å². The molecule has 0 unspecified atom stereocenters. The summed E-state index contributed by atoms with van der Waals surface area (Å²) >= 11 is 0. The zero-order valence-electron chi connectivity index (χ0n) is 13.3. The monoisotopic (exact) mass is 350 g/mol. The van der Waals surface area contributed by atoms with E-state index in [-0.39, 0.29) is 12.6 Å². The molecule has 0 N–H and O–H groups in total. The second kappa shape index (κ2) is 7.00. The molecule has 0 radical (unpaired) electrons. The average Bonchev–Trinajstić information content (AvgIpc) is 3.27. The molecule has 25 heavy (non-hydrogen) atoms. The number of benzene rings is 1. The molecule has 0 bridgehead atoms. The van der Waals surface area contributed by atoms with Crippen molar-refractivity contribution in [1.82, 2.24) is 4.90 Å². The van der Waals surface area contributed by atoms with Gasteiger partial charge in [0.1, 0.15) is 11.3 Å². The predicted molar refractivity (Wildman–Crippen MR) is 83.8 cm³/mol. The Morgan fingerprint density at radius 2 is 1.96 bits per heavy atom. The Morgan fingerprint density at radius 1 is 1.28 bits per heavy atom. The van der Waals surface area contributed by atoms with Crippen LogP contribution in [0.3, 0.4) is 0 Å². The van der Waals surface area contributed by atoms with E-state index in [9.17, 15) is 23.7 Å². The van der Waals surface area contributed by atoms with Crippen LogP contribution in [0, 0.1) is 21.7 Å². The van der Waals surface area contributed by atoms with Gasteiger partial charge in [0.25, 0.3) is 11.6 Å². The summed E-state index contributed by atoms with van der Waals surface area (Å²) in [4.78, 5) is 24.7. The topological polar surface area (TPSA) is 76.6 Å². The molecule has 0 aliphatic heterocycles. The zero-order chi connectivity index (χ0) is 18.0. The summed E-state index contributed by atoms with van der Waals surface area (Å²) in [5, 5.41) is 11.2. The standard InChI is InChI=1S/C17H16F2N2O4/c18-14-8-13(16(21(23)24)9-15(14)19)17(22)20(11-4-1-2-5-11)10-12-6-3-7-25-12/h3,6-9,11H,1-2,4-5,10H2. The lowest BCUT2D eigenvalue weighted by Crippen LogP contribution is -2.38. The summed E-state index contributed by atoms with van der Waals surface area (Å²) in [6, 6.07) is 4.29. The normalized spacial score (nSPS) is 14.6. The number of furan rings is 1. The molecular weight excluding hydrogens is 334 g/mol. The molecule has 1 aliphatic rings. The van der Waals surface area contributed by atoms with E-state index in [1.54, 1.807) is 12.1 Å². The Hall–Kier alpha value is -2.77. The lowest BCUT2D eigenvalue weighted by Gasteiger charge is -2.28. The second-order valence-electron chi connectivity index (χ2n) is 5.99. The summed E-state index contributed by atoms with van der Waals surface area (Å²) in [7, 11) is 0. The maximum absolute atomic E-state index is 13.6. The van der Waals surface area contributed by atoms with Crippen molar-refractivity contribution < 1.29 is 22.9 Å². The van der Waals surface area contributed by atoms with Crippen LogP contribution in [-0.4, -0.2) is 21.8 Å². The van der Waals surface area contributed by atoms with Gasteiger partial charge in [0.2, 0.25) is 0 Å². The molecule has 6 nitrogen and oxygen atoms in total. The van der Waals surface area contributed by atoms with Gasteiger partial charge in [-0.05, 0) is 31.0 Å². The summed E-state index contributed by atoms with van der Waals surface area (Å²) in [5.41, 5.74) is -1.20. The van der Waals surface area contributed by atoms with Gasteiger partial charge in [-0.3, -0.25) is 14.9 Å². The van der Waals surface area contributed by atoms with E-state index < -0.39 is 33.7 Å². The van der Waals surface area contributed by atoms with Crippen LogP contribution in [0.15, 0.2) is 34.9 Å². The summed E-state index contributed by atoms with van der Waals surface area (Å²) in [6.45, 7) is 0.118. The molecular formula is C17H16F2N2O4. The molecule has 0 spiro atoms. The largest absolute Gasteiger partial charge is 0.467 e. The Labute approximate surface area is 142 Å². The molecule has 1 heterocycles. The van der Waals surface area contributed by atoms with Crippen LogP contribution in [0.2, 0.25) is 0 Å². The third kappa shape index (κ3) is 3.52. The highest BCUT2D eigenvalue weighted by molar-refractivity contribution is 5.98. The smallest absolute Gasteiger partial charge is 0.285 e. The number of rotatable bonds is 5. The number of halogens is 2. The lowest BCUT2D eigenvalue weighted by molar-refractivity contribution is -0.385. The maximum Gasteiger partial charge on any atom is 0.285 e. The Kier molecular flexibility index (Phi) is 4.78. The minimum atomic E-state index is -1.36. The van der Waals surface area contributed by atoms with Crippen LogP contribution < -0.4 is 0 Å². The van der Waals surface area contributed by atoms with Gasteiger partial charge in [-0.25, -0.2) is 8.78 Å². The fourth-order valence-electron chi connectivity index (χ4n) is 3.17. The highest BCUT2D eigenvalue weighted by Crippen LogP contribution is 2.30. The van der Waals surface area contributed by atoms with E-state index in [1.165, 1.54) is 11.2 Å². The van der Waals surface area contributed by atoms with Gasteiger partial charge in [0.05, 0.1) is 23.8 Å². The number of hydrogen-bond donors (Lipinski definition) is 0. The van der Waals surface area contributed by atoms with E-state index in [0.29, 0.717) is 17.9 Å². The van der Waals surface area contributed by atoms with Crippen LogP contribution in [0.1, 0.15) is 41.8 Å². The summed E-state index contributed by atoms with van der Waals surface area (Å²) < 4.78 is 32.3. The highest BCUT2D eigenvalue weighted by Gasteiger charge is 2.33. The van der Waals surface area contributed by atoms with Crippen molar-refractivity contribution >= 4 is 11.6 Å². The number of nitrogens with zero attached hydrogens (tertiary/aromatic N) is 2. The number of hydrogen-bond acceptors (Lipinski definition) is 4. The van der Waals surface area contributed by atoms with Crippen LogP contribution >= 0.6 is 0 Å². The fraction of sp³-hybridized carbons (Fsp3) is 0.353. The van der Waals surface area contributed by atoms with Gasteiger partial charge < -0.3 is 9.32 Å². The van der Waals surface area contributed by atoms with Gasteiger partial charge in [-0.15, -0.1) is 0 Å². The Balaban J connectivity index is 1.99. The van der Waals surface area contributed by atoms with Crippen molar-refractivity contribution in [3.05, 3.63) is 63.6 Å². The number of amides is 1. The van der Waals surface area contributed by atoms with E-state index >= 15 is 0 Å². The molecule has 8 heteroatoms. The molecule has 1 aromatic carbocycles. The highest BCUT2D eigenvalue weighted by atomic mass is 19.2. The number of carbonyl (C=O) groups is 1. The number of carbonyl (C=O) groups excluding carboxylic acids is 1. The molecule has 1 aromatic heterocycles. The van der Waals surface area contributed by atoms with Gasteiger partial charge >= 0.3 is 0 Å². The molecule has 1 aliphatic carbocycles. The quantitative estimate of drug-likeness (QED) is 0.602. The average molecular weight is 350 g/mol. The van der Waals surface area contributed by atoms with Crippen molar-refractivity contribution in [2.45, 2.75) is 38.3 Å². The fourth-order valence-corrected chi connectivity index (χ4v) is 3.17. The molecule has 0 saturated heterocycles. The minimum absolute atomic E-state index is 0.118. The first-order valence-electron chi connectivity index (χ1n) is 7.94. The second-order valence-corrected chi connectivity index (χ2v) is 5.99. The summed E-state index contributed by atoms with van der Waals surface area (Å²) in [5.74, 6) is -2.83. The van der Waals surface area contributed by atoms with Gasteiger partial charge in [0, 0.05) is 6.04 Å². The number of nitro benzene ring substituents is 1. The van der Waals surface area contributed by atoms with Crippen LogP contribution in [0.5, 0.6) is 0 Å². The summed E-state index contributed by atoms with van der Waals surface area (Å²) in [6.07, 6.45) is 4.85. The van der Waals surface area contributed by atoms with Crippen molar-refractivity contribution in [2.24, 2.45) is 0 Å². The van der Waals surface area contributed by atoms with Gasteiger partial charge in [0.15, 0.2) is 11.6 Å². The Morgan fingerprint density at radius 3 is 2.56 bits per heavy atom. The van der Waals surface area contributed by atoms with Crippen molar-refractivity contribution in [1.29, 1.82) is 0 Å². The zero-order valence-corrected chi connectivity index (χ0v) is 13.3. The third-order valence-electron chi connectivity index (χ3n) is 4.40. The molecule has 1 fully saturated rings. The van der Waals surface area contributed by atoms with Gasteiger partial charge in [-0.2, -0.15) is 0 Å². The van der Waals surface area contributed by atoms with Gasteiger partial charge in [-0.1, -0.05) is 12.8 Å². The molecule has 1 saturated carbocycles. The Bertz CT molecular complexity index is 786. The van der Waals surface area contributed by atoms with Crippen molar-refractivity contribution in [2.75, 3.05) is 0 Å². The minimum Gasteiger partial charge on any atom is -0.467 e. The first kappa shape index (κ1) is 17.1.